The molecular formula is C12H14N2. The largest absolute Gasteiger partial charge is 0.399 e. The molecule has 3 N–H and O–H groups in total. The summed E-state index contributed by atoms with van der Waals surface area (Å²) in [5, 5.41) is 0. The lowest BCUT2D eigenvalue weighted by molar-refractivity contribution is 1.19. The number of hydrogen-bond acceptors (Lipinski definition) is 1. The van der Waals surface area contributed by atoms with Crippen LogP contribution in [0.3, 0.4) is 0 Å². The minimum Gasteiger partial charge on any atom is -0.399 e. The van der Waals surface area contributed by atoms with E-state index in [9.17, 15) is 0 Å². The van der Waals surface area contributed by atoms with Crippen molar-refractivity contribution in [2.45, 2.75) is 13.8 Å². The summed E-state index contributed by atoms with van der Waals surface area (Å²) in [5.74, 6) is 0. The molecule has 1 aromatic heterocycles. The van der Waals surface area contributed by atoms with Crippen molar-refractivity contribution in [1.82, 2.24) is 4.98 Å². The molecule has 2 aromatic rings. The van der Waals surface area contributed by atoms with E-state index in [1.807, 2.05) is 24.3 Å². The number of nitrogen functional groups attached to an aromatic ring is 1. The van der Waals surface area contributed by atoms with Gasteiger partial charge in [0.05, 0.1) is 0 Å². The number of aryl methyl sites for hydroxylation is 2. The third-order valence-electron chi connectivity index (χ3n) is 2.37. The van der Waals surface area contributed by atoms with Crippen LogP contribution in [0.15, 0.2) is 30.3 Å². The van der Waals surface area contributed by atoms with Crippen molar-refractivity contribution in [3.05, 3.63) is 41.7 Å². The first-order valence-corrected chi connectivity index (χ1v) is 4.69. The molecule has 0 amide bonds. The first-order chi connectivity index (χ1) is 6.66. The zero-order chi connectivity index (χ0) is 10.1. The van der Waals surface area contributed by atoms with Gasteiger partial charge in [-0.3, -0.25) is 0 Å². The summed E-state index contributed by atoms with van der Waals surface area (Å²) in [7, 11) is 0. The SMILES string of the molecule is Cc1cc(-c2ccc(N)cc2)c(C)[nH]1. The second-order valence-electron chi connectivity index (χ2n) is 3.61. The molecule has 2 nitrogen and oxygen atoms in total. The first-order valence-electron chi connectivity index (χ1n) is 4.69. The van der Waals surface area contributed by atoms with E-state index in [0.29, 0.717) is 0 Å². The number of aromatic amines is 1. The molecule has 0 aliphatic heterocycles. The van der Waals surface area contributed by atoms with Gasteiger partial charge in [-0.15, -0.1) is 0 Å². The minimum absolute atomic E-state index is 0.804. The first kappa shape index (κ1) is 8.88. The standard InChI is InChI=1S/C12H14N2/c1-8-7-12(9(2)14-8)10-3-5-11(13)6-4-10/h3-7,14H,13H2,1-2H3. The third-order valence-corrected chi connectivity index (χ3v) is 2.37. The lowest BCUT2D eigenvalue weighted by Crippen LogP contribution is -1.84. The molecule has 14 heavy (non-hydrogen) atoms. The van der Waals surface area contributed by atoms with Gasteiger partial charge in [0, 0.05) is 22.6 Å². The maximum atomic E-state index is 5.64. The molecule has 0 spiro atoms. The zero-order valence-electron chi connectivity index (χ0n) is 8.46. The van der Waals surface area contributed by atoms with E-state index in [-0.39, 0.29) is 0 Å². The van der Waals surface area contributed by atoms with Crippen molar-refractivity contribution in [3.8, 4) is 11.1 Å². The highest BCUT2D eigenvalue weighted by Gasteiger charge is 2.03. The number of anilines is 1. The highest BCUT2D eigenvalue weighted by atomic mass is 14.7. The number of H-pyrrole nitrogens is 1. The molecule has 0 aliphatic rings. The highest BCUT2D eigenvalue weighted by Crippen LogP contribution is 2.24. The van der Waals surface area contributed by atoms with E-state index in [0.717, 1.165) is 5.69 Å². The molecule has 0 bridgehead atoms. The van der Waals surface area contributed by atoms with Crippen molar-refractivity contribution in [2.75, 3.05) is 5.73 Å². The van der Waals surface area contributed by atoms with Gasteiger partial charge in [0.25, 0.3) is 0 Å². The molecule has 0 atom stereocenters. The highest BCUT2D eigenvalue weighted by molar-refractivity contribution is 5.68. The van der Waals surface area contributed by atoms with E-state index in [4.69, 9.17) is 5.73 Å². The van der Waals surface area contributed by atoms with Crippen LogP contribution in [0.2, 0.25) is 0 Å². The van der Waals surface area contributed by atoms with Gasteiger partial charge in [-0.2, -0.15) is 0 Å². The Balaban J connectivity index is 2.49. The molecule has 2 heteroatoms. The van der Waals surface area contributed by atoms with Crippen molar-refractivity contribution in [3.63, 3.8) is 0 Å². The Morgan fingerprint density at radius 1 is 1.07 bits per heavy atom. The second-order valence-corrected chi connectivity index (χ2v) is 3.61. The van der Waals surface area contributed by atoms with E-state index < -0.39 is 0 Å². The van der Waals surface area contributed by atoms with Gasteiger partial charge in [-0.1, -0.05) is 12.1 Å². The van der Waals surface area contributed by atoms with Crippen LogP contribution >= 0.6 is 0 Å². The number of nitrogens with two attached hydrogens (primary N) is 1. The Morgan fingerprint density at radius 2 is 1.71 bits per heavy atom. The summed E-state index contributed by atoms with van der Waals surface area (Å²) in [6, 6.07) is 10.1. The van der Waals surface area contributed by atoms with Crippen LogP contribution in [0, 0.1) is 13.8 Å². The Hall–Kier alpha value is -1.70. The van der Waals surface area contributed by atoms with Crippen molar-refractivity contribution >= 4 is 5.69 Å². The van der Waals surface area contributed by atoms with Crippen molar-refractivity contribution in [2.24, 2.45) is 0 Å². The maximum Gasteiger partial charge on any atom is 0.0314 e. The Bertz CT molecular complexity index is 438. The molecule has 0 aliphatic carbocycles. The molecule has 1 aromatic carbocycles. The van der Waals surface area contributed by atoms with E-state index in [1.165, 1.54) is 22.5 Å². The molecule has 0 unspecified atom stereocenters. The molecule has 72 valence electrons. The van der Waals surface area contributed by atoms with Crippen LogP contribution in [0.4, 0.5) is 5.69 Å². The summed E-state index contributed by atoms with van der Waals surface area (Å²) in [4.78, 5) is 3.29. The average Bonchev–Trinajstić information content (AvgIpc) is 2.47. The number of benzene rings is 1. The summed E-state index contributed by atoms with van der Waals surface area (Å²) >= 11 is 0. The van der Waals surface area contributed by atoms with Gasteiger partial charge in [-0.25, -0.2) is 0 Å². The topological polar surface area (TPSA) is 41.8 Å². The summed E-state index contributed by atoms with van der Waals surface area (Å²) in [6.07, 6.45) is 0. The third kappa shape index (κ3) is 1.51. The van der Waals surface area contributed by atoms with Gasteiger partial charge < -0.3 is 10.7 Å². The fraction of sp³-hybridized carbons (Fsp3) is 0.167. The normalized spacial score (nSPS) is 10.4. The Labute approximate surface area is 83.8 Å². The maximum absolute atomic E-state index is 5.64. The second kappa shape index (κ2) is 3.22. The van der Waals surface area contributed by atoms with Gasteiger partial charge in [0.1, 0.15) is 0 Å². The molecule has 2 rings (SSSR count). The summed E-state index contributed by atoms with van der Waals surface area (Å²) in [6.45, 7) is 4.15. The van der Waals surface area contributed by atoms with Gasteiger partial charge in [-0.05, 0) is 37.6 Å². The number of rotatable bonds is 1. The fourth-order valence-electron chi connectivity index (χ4n) is 1.69. The Kier molecular flexibility index (Phi) is 2.04. The van der Waals surface area contributed by atoms with Crippen LogP contribution in [-0.2, 0) is 0 Å². The lowest BCUT2D eigenvalue weighted by atomic mass is 10.1. The number of hydrogen-bond donors (Lipinski definition) is 2. The van der Waals surface area contributed by atoms with Crippen LogP contribution < -0.4 is 5.73 Å². The molecule has 0 saturated carbocycles. The molecular weight excluding hydrogens is 172 g/mol. The lowest BCUT2D eigenvalue weighted by Gasteiger charge is -2.00. The predicted octanol–water partition coefficient (Wildman–Crippen LogP) is 2.88. The van der Waals surface area contributed by atoms with E-state index in [1.54, 1.807) is 0 Å². The summed E-state index contributed by atoms with van der Waals surface area (Å²) in [5.41, 5.74) is 11.3. The summed E-state index contributed by atoms with van der Waals surface area (Å²) < 4.78 is 0. The van der Waals surface area contributed by atoms with Crippen LogP contribution in [0.1, 0.15) is 11.4 Å². The smallest absolute Gasteiger partial charge is 0.0314 e. The molecule has 0 radical (unpaired) electrons. The zero-order valence-corrected chi connectivity index (χ0v) is 8.46. The van der Waals surface area contributed by atoms with Crippen LogP contribution in [-0.4, -0.2) is 4.98 Å². The van der Waals surface area contributed by atoms with Gasteiger partial charge >= 0.3 is 0 Å². The van der Waals surface area contributed by atoms with E-state index >= 15 is 0 Å². The molecule has 0 saturated heterocycles. The Morgan fingerprint density at radius 3 is 2.21 bits per heavy atom. The fourth-order valence-corrected chi connectivity index (χ4v) is 1.69. The minimum atomic E-state index is 0.804. The van der Waals surface area contributed by atoms with Gasteiger partial charge in [0.2, 0.25) is 0 Å². The number of nitrogens with one attached hydrogen (secondary N) is 1. The van der Waals surface area contributed by atoms with Crippen LogP contribution in [0.25, 0.3) is 11.1 Å². The number of aromatic nitrogens is 1. The molecule has 0 fully saturated rings. The van der Waals surface area contributed by atoms with E-state index in [2.05, 4.69) is 24.9 Å². The quantitative estimate of drug-likeness (QED) is 0.661. The van der Waals surface area contributed by atoms with Crippen molar-refractivity contribution < 1.29 is 0 Å². The van der Waals surface area contributed by atoms with Crippen molar-refractivity contribution in [1.29, 1.82) is 0 Å². The average molecular weight is 186 g/mol. The van der Waals surface area contributed by atoms with Gasteiger partial charge in [0.15, 0.2) is 0 Å². The van der Waals surface area contributed by atoms with Crippen LogP contribution in [0.5, 0.6) is 0 Å². The predicted molar refractivity (Wildman–Crippen MR) is 60.1 cm³/mol. The monoisotopic (exact) mass is 186 g/mol. The molecule has 1 heterocycles.